The number of amides is 1. The van der Waals surface area contributed by atoms with Crippen LogP contribution in [0.4, 0.5) is 0 Å². The van der Waals surface area contributed by atoms with Crippen LogP contribution in [0, 0.1) is 6.92 Å². The van der Waals surface area contributed by atoms with Gasteiger partial charge < -0.3 is 15.4 Å². The molecule has 1 atom stereocenters. The second kappa shape index (κ2) is 7.49. The highest BCUT2D eigenvalue weighted by molar-refractivity contribution is 5.89. The van der Waals surface area contributed by atoms with Gasteiger partial charge in [0.2, 0.25) is 5.91 Å². The molecule has 1 heterocycles. The molecule has 1 aliphatic rings. The molecule has 0 fully saturated rings. The fourth-order valence-corrected chi connectivity index (χ4v) is 3.26. The summed E-state index contributed by atoms with van der Waals surface area (Å²) in [4.78, 5) is 24.1. The SMILES string of the molecule is COC(=O)c1ccc(CNC(=O)C2CNCc3cccc(C)c32)cc1. The summed E-state index contributed by atoms with van der Waals surface area (Å²) < 4.78 is 4.68. The van der Waals surface area contributed by atoms with E-state index in [0.29, 0.717) is 18.7 Å². The molecule has 2 aromatic rings. The molecule has 0 radical (unpaired) electrons. The van der Waals surface area contributed by atoms with Gasteiger partial charge in [0, 0.05) is 19.6 Å². The summed E-state index contributed by atoms with van der Waals surface area (Å²) in [5, 5.41) is 6.32. The Balaban J connectivity index is 1.67. The Morgan fingerprint density at radius 2 is 1.96 bits per heavy atom. The van der Waals surface area contributed by atoms with Gasteiger partial charge in [-0.15, -0.1) is 0 Å². The second-order valence-electron chi connectivity index (χ2n) is 6.24. The van der Waals surface area contributed by atoms with Crippen LogP contribution in [0.5, 0.6) is 0 Å². The fraction of sp³-hybridized carbons (Fsp3) is 0.300. The van der Waals surface area contributed by atoms with Crippen LogP contribution in [0.1, 0.15) is 38.5 Å². The summed E-state index contributed by atoms with van der Waals surface area (Å²) in [6.07, 6.45) is 0. The van der Waals surface area contributed by atoms with E-state index in [1.165, 1.54) is 12.7 Å². The lowest BCUT2D eigenvalue weighted by molar-refractivity contribution is -0.122. The first-order chi connectivity index (χ1) is 12.1. The lowest BCUT2D eigenvalue weighted by Gasteiger charge is -2.27. The van der Waals surface area contributed by atoms with Crippen molar-refractivity contribution in [1.82, 2.24) is 10.6 Å². The average Bonchev–Trinajstić information content (AvgIpc) is 2.65. The predicted molar refractivity (Wildman–Crippen MR) is 95.3 cm³/mol. The molecule has 0 spiro atoms. The smallest absolute Gasteiger partial charge is 0.337 e. The molecule has 0 saturated carbocycles. The van der Waals surface area contributed by atoms with Crippen molar-refractivity contribution in [2.75, 3.05) is 13.7 Å². The third kappa shape index (κ3) is 3.72. The van der Waals surface area contributed by atoms with E-state index in [1.807, 2.05) is 18.2 Å². The number of carbonyl (C=O) groups is 2. The quantitative estimate of drug-likeness (QED) is 0.840. The van der Waals surface area contributed by atoms with Crippen molar-refractivity contribution < 1.29 is 14.3 Å². The Morgan fingerprint density at radius 1 is 1.20 bits per heavy atom. The maximum absolute atomic E-state index is 12.7. The summed E-state index contributed by atoms with van der Waals surface area (Å²) in [6, 6.07) is 13.2. The Labute approximate surface area is 147 Å². The molecule has 2 aromatic carbocycles. The Bertz CT molecular complexity index is 784. The van der Waals surface area contributed by atoms with Gasteiger partial charge in [-0.25, -0.2) is 4.79 Å². The minimum absolute atomic E-state index is 0.0137. The highest BCUT2D eigenvalue weighted by Crippen LogP contribution is 2.27. The largest absolute Gasteiger partial charge is 0.465 e. The molecule has 0 bridgehead atoms. The van der Waals surface area contributed by atoms with E-state index in [0.717, 1.165) is 23.2 Å². The zero-order valence-corrected chi connectivity index (χ0v) is 14.5. The molecule has 0 aliphatic carbocycles. The number of ether oxygens (including phenoxy) is 1. The van der Waals surface area contributed by atoms with Gasteiger partial charge in [-0.1, -0.05) is 30.3 Å². The summed E-state index contributed by atoms with van der Waals surface area (Å²) in [7, 11) is 1.36. The summed E-state index contributed by atoms with van der Waals surface area (Å²) in [6.45, 7) is 3.93. The maximum atomic E-state index is 12.7. The predicted octanol–water partition coefficient (Wildman–Crippen LogP) is 2.28. The number of fused-ring (bicyclic) bond motifs is 1. The van der Waals surface area contributed by atoms with E-state index < -0.39 is 0 Å². The first kappa shape index (κ1) is 17.2. The van der Waals surface area contributed by atoms with E-state index in [1.54, 1.807) is 12.1 Å². The standard InChI is InChI=1S/C20H22N2O3/c1-13-4-3-5-16-11-21-12-17(18(13)16)19(23)22-10-14-6-8-15(9-7-14)20(24)25-2/h3-9,17,21H,10-12H2,1-2H3,(H,22,23). The monoisotopic (exact) mass is 338 g/mol. The topological polar surface area (TPSA) is 67.4 Å². The molecule has 3 rings (SSSR count). The van der Waals surface area contributed by atoms with Gasteiger partial charge in [-0.05, 0) is 41.3 Å². The average molecular weight is 338 g/mol. The molecule has 0 aromatic heterocycles. The van der Waals surface area contributed by atoms with Crippen molar-refractivity contribution in [2.24, 2.45) is 0 Å². The highest BCUT2D eigenvalue weighted by Gasteiger charge is 2.27. The molecular weight excluding hydrogens is 316 g/mol. The molecule has 130 valence electrons. The Hall–Kier alpha value is -2.66. The molecule has 1 amide bonds. The molecule has 2 N–H and O–H groups in total. The number of hydrogen-bond acceptors (Lipinski definition) is 4. The number of methoxy groups -OCH3 is 1. The van der Waals surface area contributed by atoms with Crippen LogP contribution in [-0.2, 0) is 22.6 Å². The number of benzene rings is 2. The molecule has 5 heteroatoms. The summed E-state index contributed by atoms with van der Waals surface area (Å²) in [5.74, 6) is -0.532. The van der Waals surface area contributed by atoms with Crippen molar-refractivity contribution in [3.8, 4) is 0 Å². The van der Waals surface area contributed by atoms with Gasteiger partial charge in [0.15, 0.2) is 0 Å². The van der Waals surface area contributed by atoms with Crippen LogP contribution in [0.15, 0.2) is 42.5 Å². The van der Waals surface area contributed by atoms with Crippen LogP contribution in [0.25, 0.3) is 0 Å². The number of esters is 1. The zero-order valence-electron chi connectivity index (χ0n) is 14.5. The van der Waals surface area contributed by atoms with Crippen LogP contribution in [0.2, 0.25) is 0 Å². The molecule has 0 saturated heterocycles. The highest BCUT2D eigenvalue weighted by atomic mass is 16.5. The van der Waals surface area contributed by atoms with Gasteiger partial charge in [-0.3, -0.25) is 4.79 Å². The van der Waals surface area contributed by atoms with E-state index in [-0.39, 0.29) is 17.8 Å². The van der Waals surface area contributed by atoms with Gasteiger partial charge in [0.1, 0.15) is 0 Å². The van der Waals surface area contributed by atoms with Crippen molar-refractivity contribution in [1.29, 1.82) is 0 Å². The first-order valence-corrected chi connectivity index (χ1v) is 8.34. The van der Waals surface area contributed by atoms with E-state index in [4.69, 9.17) is 0 Å². The van der Waals surface area contributed by atoms with E-state index in [9.17, 15) is 9.59 Å². The Morgan fingerprint density at radius 3 is 2.68 bits per heavy atom. The van der Waals surface area contributed by atoms with Crippen LogP contribution in [0.3, 0.4) is 0 Å². The van der Waals surface area contributed by atoms with E-state index in [2.05, 4.69) is 34.4 Å². The number of aryl methyl sites for hydroxylation is 1. The first-order valence-electron chi connectivity index (χ1n) is 8.34. The van der Waals surface area contributed by atoms with Crippen molar-refractivity contribution in [2.45, 2.75) is 25.9 Å². The van der Waals surface area contributed by atoms with Crippen LogP contribution >= 0.6 is 0 Å². The minimum Gasteiger partial charge on any atom is -0.465 e. The van der Waals surface area contributed by atoms with E-state index >= 15 is 0 Å². The summed E-state index contributed by atoms with van der Waals surface area (Å²) >= 11 is 0. The number of hydrogen-bond donors (Lipinski definition) is 2. The molecule has 25 heavy (non-hydrogen) atoms. The van der Waals surface area contributed by atoms with Gasteiger partial charge in [-0.2, -0.15) is 0 Å². The molecule has 5 nitrogen and oxygen atoms in total. The number of nitrogens with one attached hydrogen (secondary N) is 2. The molecule has 1 aliphatic heterocycles. The normalized spacial score (nSPS) is 16.0. The minimum atomic E-state index is -0.365. The summed E-state index contributed by atoms with van der Waals surface area (Å²) in [5.41, 5.74) is 4.92. The van der Waals surface area contributed by atoms with Crippen LogP contribution in [-0.4, -0.2) is 25.5 Å². The van der Waals surface area contributed by atoms with Crippen LogP contribution < -0.4 is 10.6 Å². The lowest BCUT2D eigenvalue weighted by Crippen LogP contribution is -2.39. The Kier molecular flexibility index (Phi) is 5.14. The van der Waals surface area contributed by atoms with Gasteiger partial charge >= 0.3 is 5.97 Å². The zero-order chi connectivity index (χ0) is 17.8. The molecular formula is C20H22N2O3. The number of carbonyl (C=O) groups excluding carboxylic acids is 2. The lowest BCUT2D eigenvalue weighted by atomic mass is 9.86. The van der Waals surface area contributed by atoms with Gasteiger partial charge in [0.05, 0.1) is 18.6 Å². The van der Waals surface area contributed by atoms with Crippen molar-refractivity contribution >= 4 is 11.9 Å². The third-order valence-electron chi connectivity index (χ3n) is 4.59. The number of rotatable bonds is 4. The van der Waals surface area contributed by atoms with Gasteiger partial charge in [0.25, 0.3) is 0 Å². The fourth-order valence-electron chi connectivity index (χ4n) is 3.26. The molecule has 1 unspecified atom stereocenters. The third-order valence-corrected chi connectivity index (χ3v) is 4.59. The van der Waals surface area contributed by atoms with Crippen molar-refractivity contribution in [3.63, 3.8) is 0 Å². The maximum Gasteiger partial charge on any atom is 0.337 e. The van der Waals surface area contributed by atoms with Crippen molar-refractivity contribution in [3.05, 3.63) is 70.3 Å². The second-order valence-corrected chi connectivity index (χ2v) is 6.24.